The van der Waals surface area contributed by atoms with Crippen LogP contribution in [0.3, 0.4) is 0 Å². The Balaban J connectivity index is 2.60. The number of ketones is 1. The molecule has 0 spiro atoms. The molecule has 1 rings (SSSR count). The van der Waals surface area contributed by atoms with Crippen molar-refractivity contribution in [2.24, 2.45) is 0 Å². The Kier molecular flexibility index (Phi) is 7.01. The molecule has 1 aromatic carbocycles. The van der Waals surface area contributed by atoms with Gasteiger partial charge in [0.05, 0.1) is 6.61 Å². The molecule has 0 aromatic heterocycles. The lowest BCUT2D eigenvalue weighted by molar-refractivity contribution is -0.131. The number of unbranched alkanes of at least 4 members (excludes halogenated alkanes) is 2. The zero-order chi connectivity index (χ0) is 15.0. The molecule has 0 atom stereocenters. The summed E-state index contributed by atoms with van der Waals surface area (Å²) in [5, 5.41) is 8.68. The number of ether oxygens (including phenoxy) is 1. The molecule has 1 aromatic rings. The third-order valence-corrected chi connectivity index (χ3v) is 3.19. The summed E-state index contributed by atoms with van der Waals surface area (Å²) in [4.78, 5) is 22.4. The Morgan fingerprint density at radius 2 is 1.90 bits per heavy atom. The molecule has 0 fully saturated rings. The predicted octanol–water partition coefficient (Wildman–Crippen LogP) is 3.80. The normalized spacial score (nSPS) is 11.2. The second kappa shape index (κ2) is 8.53. The van der Waals surface area contributed by atoms with Gasteiger partial charge in [-0.2, -0.15) is 0 Å². The monoisotopic (exact) mass is 340 g/mol. The smallest absolute Gasteiger partial charge is 0.342 e. The van der Waals surface area contributed by atoms with Gasteiger partial charge in [0, 0.05) is 11.6 Å². The van der Waals surface area contributed by atoms with Crippen LogP contribution in [0, 0.1) is 0 Å². The van der Waals surface area contributed by atoms with E-state index in [2.05, 4.69) is 22.9 Å². The molecule has 0 saturated heterocycles. The van der Waals surface area contributed by atoms with E-state index in [0.717, 1.165) is 25.3 Å². The molecular weight excluding hydrogens is 324 g/mol. The van der Waals surface area contributed by atoms with Crippen LogP contribution in [0.15, 0.2) is 34.8 Å². The number of carbonyl (C=O) groups is 2. The second-order valence-corrected chi connectivity index (χ2v) is 5.10. The van der Waals surface area contributed by atoms with Crippen molar-refractivity contribution >= 4 is 27.7 Å². The molecule has 0 unspecified atom stereocenters. The molecule has 0 aliphatic carbocycles. The quantitative estimate of drug-likeness (QED) is 0.444. The minimum atomic E-state index is -1.17. The summed E-state index contributed by atoms with van der Waals surface area (Å²) in [7, 11) is 0. The van der Waals surface area contributed by atoms with Gasteiger partial charge in [0.1, 0.15) is 10.2 Å². The highest BCUT2D eigenvalue weighted by molar-refractivity contribution is 9.12. The Morgan fingerprint density at radius 3 is 2.45 bits per heavy atom. The lowest BCUT2D eigenvalue weighted by atomic mass is 10.1. The van der Waals surface area contributed by atoms with Gasteiger partial charge in [-0.3, -0.25) is 4.79 Å². The van der Waals surface area contributed by atoms with Gasteiger partial charge in [-0.25, -0.2) is 4.79 Å². The molecule has 1 N–H and O–H groups in total. The van der Waals surface area contributed by atoms with Gasteiger partial charge in [-0.1, -0.05) is 19.8 Å². The van der Waals surface area contributed by atoms with Crippen LogP contribution in [0.4, 0.5) is 0 Å². The van der Waals surface area contributed by atoms with E-state index in [1.165, 1.54) is 0 Å². The van der Waals surface area contributed by atoms with Gasteiger partial charge in [-0.05, 0) is 46.6 Å². The maximum Gasteiger partial charge on any atom is 0.342 e. The maximum atomic E-state index is 11.8. The minimum Gasteiger partial charge on any atom is -0.494 e. The fourth-order valence-corrected chi connectivity index (χ4v) is 1.73. The third-order valence-electron chi connectivity index (χ3n) is 2.62. The number of carbonyl (C=O) groups excluding carboxylic acids is 1. The predicted molar refractivity (Wildman–Crippen MR) is 80.4 cm³/mol. The van der Waals surface area contributed by atoms with Crippen molar-refractivity contribution in [2.45, 2.75) is 26.2 Å². The fraction of sp³-hybridized carbons (Fsp3) is 0.333. The van der Waals surface area contributed by atoms with E-state index in [1.54, 1.807) is 24.3 Å². The van der Waals surface area contributed by atoms with Gasteiger partial charge in [0.15, 0.2) is 5.78 Å². The topological polar surface area (TPSA) is 63.6 Å². The zero-order valence-corrected chi connectivity index (χ0v) is 12.9. The lowest BCUT2D eigenvalue weighted by Gasteiger charge is -2.06. The molecule has 0 amide bonds. The first-order valence-corrected chi connectivity index (χ1v) is 7.21. The standard InChI is InChI=1S/C15H17BrO4/c1-2-3-4-9-20-12-7-5-11(6-8-12)14(17)10-13(16)15(18)19/h5-8,10H,2-4,9H2,1H3,(H,18,19)/b13-10-. The van der Waals surface area contributed by atoms with Crippen molar-refractivity contribution in [1.29, 1.82) is 0 Å². The van der Waals surface area contributed by atoms with Crippen molar-refractivity contribution in [3.8, 4) is 5.75 Å². The van der Waals surface area contributed by atoms with E-state index in [4.69, 9.17) is 9.84 Å². The Morgan fingerprint density at radius 1 is 1.25 bits per heavy atom. The molecule has 0 radical (unpaired) electrons. The van der Waals surface area contributed by atoms with Crippen molar-refractivity contribution in [2.75, 3.05) is 6.61 Å². The summed E-state index contributed by atoms with van der Waals surface area (Å²) in [5.41, 5.74) is 0.420. The molecule has 0 aliphatic rings. The van der Waals surface area contributed by atoms with Crippen LogP contribution in [-0.4, -0.2) is 23.5 Å². The van der Waals surface area contributed by atoms with Crippen molar-refractivity contribution in [1.82, 2.24) is 0 Å². The van der Waals surface area contributed by atoms with Crippen LogP contribution in [0.5, 0.6) is 5.75 Å². The molecule has 0 heterocycles. The van der Waals surface area contributed by atoms with Gasteiger partial charge in [0.2, 0.25) is 0 Å². The van der Waals surface area contributed by atoms with Crippen LogP contribution in [-0.2, 0) is 4.79 Å². The summed E-state index contributed by atoms with van der Waals surface area (Å²) in [5.74, 6) is -0.829. The van der Waals surface area contributed by atoms with E-state index < -0.39 is 5.97 Å². The van der Waals surface area contributed by atoms with E-state index in [0.29, 0.717) is 17.9 Å². The second-order valence-electron chi connectivity index (χ2n) is 4.24. The fourth-order valence-electron chi connectivity index (χ4n) is 1.52. The van der Waals surface area contributed by atoms with Gasteiger partial charge in [-0.15, -0.1) is 0 Å². The molecule has 108 valence electrons. The van der Waals surface area contributed by atoms with Crippen LogP contribution in [0.2, 0.25) is 0 Å². The lowest BCUT2D eigenvalue weighted by Crippen LogP contribution is -2.01. The van der Waals surface area contributed by atoms with Crippen LogP contribution in [0.1, 0.15) is 36.5 Å². The molecule has 4 nitrogen and oxygen atoms in total. The van der Waals surface area contributed by atoms with E-state index in [9.17, 15) is 9.59 Å². The summed E-state index contributed by atoms with van der Waals surface area (Å²) in [6.45, 7) is 2.79. The van der Waals surface area contributed by atoms with Crippen molar-refractivity contribution in [3.63, 3.8) is 0 Å². The van der Waals surface area contributed by atoms with Crippen molar-refractivity contribution in [3.05, 3.63) is 40.4 Å². The Bertz CT molecular complexity index is 491. The summed E-state index contributed by atoms with van der Waals surface area (Å²) < 4.78 is 5.37. The average molecular weight is 341 g/mol. The largest absolute Gasteiger partial charge is 0.494 e. The highest BCUT2D eigenvalue weighted by Gasteiger charge is 2.08. The molecule has 0 bridgehead atoms. The molecular formula is C15H17BrO4. The first-order chi connectivity index (χ1) is 9.54. The number of benzene rings is 1. The highest BCUT2D eigenvalue weighted by atomic mass is 79.9. The maximum absolute atomic E-state index is 11.8. The Labute approximate surface area is 126 Å². The van der Waals surface area contributed by atoms with Crippen molar-refractivity contribution < 1.29 is 19.4 Å². The van der Waals surface area contributed by atoms with E-state index >= 15 is 0 Å². The van der Waals surface area contributed by atoms with Crippen LogP contribution < -0.4 is 4.74 Å². The number of allylic oxidation sites excluding steroid dienone is 1. The molecule has 20 heavy (non-hydrogen) atoms. The zero-order valence-electron chi connectivity index (χ0n) is 11.3. The molecule has 0 saturated carbocycles. The third kappa shape index (κ3) is 5.57. The number of aliphatic carboxylic acids is 1. The van der Waals surface area contributed by atoms with E-state index in [1.807, 2.05) is 0 Å². The number of hydrogen-bond donors (Lipinski definition) is 1. The highest BCUT2D eigenvalue weighted by Crippen LogP contribution is 2.15. The summed E-state index contributed by atoms with van der Waals surface area (Å²) in [6.07, 6.45) is 4.32. The van der Waals surface area contributed by atoms with Gasteiger partial charge < -0.3 is 9.84 Å². The summed E-state index contributed by atoms with van der Waals surface area (Å²) >= 11 is 2.82. The molecule has 5 heteroatoms. The SMILES string of the molecule is CCCCCOc1ccc(C(=O)/C=C(\Br)C(=O)O)cc1. The van der Waals surface area contributed by atoms with Crippen LogP contribution >= 0.6 is 15.9 Å². The molecule has 0 aliphatic heterocycles. The number of halogens is 1. The minimum absolute atomic E-state index is 0.164. The summed E-state index contributed by atoms with van der Waals surface area (Å²) in [6, 6.07) is 6.66. The Hall–Kier alpha value is -1.62. The number of hydrogen-bond acceptors (Lipinski definition) is 3. The number of carboxylic acid groups (broad SMARTS) is 1. The van der Waals surface area contributed by atoms with Crippen LogP contribution in [0.25, 0.3) is 0 Å². The first-order valence-electron chi connectivity index (χ1n) is 6.42. The number of carboxylic acids is 1. The average Bonchev–Trinajstić information content (AvgIpc) is 2.44. The number of rotatable bonds is 8. The van der Waals surface area contributed by atoms with Gasteiger partial charge in [0.25, 0.3) is 0 Å². The van der Waals surface area contributed by atoms with Gasteiger partial charge >= 0.3 is 5.97 Å². The first kappa shape index (κ1) is 16.4. The van der Waals surface area contributed by atoms with E-state index in [-0.39, 0.29) is 10.3 Å².